The molecule has 2 unspecified atom stereocenters. The molecule has 1 aliphatic carbocycles. The molecule has 0 aromatic carbocycles. The van der Waals surface area contributed by atoms with Crippen LogP contribution in [0.4, 0.5) is 0 Å². The maximum Gasteiger partial charge on any atom is 0.330 e. The molecule has 0 radical (unpaired) electrons. The Balaban J connectivity index is 2.04. The molecule has 1 saturated carbocycles. The van der Waals surface area contributed by atoms with Crippen LogP contribution in [-0.2, 0) is 4.74 Å². The highest BCUT2D eigenvalue weighted by Gasteiger charge is 2.74. The van der Waals surface area contributed by atoms with E-state index in [0.717, 1.165) is 4.57 Å². The number of nitrogens with zero attached hydrogens (tertiary/aromatic N) is 1. The smallest absolute Gasteiger partial charge is 0.330 e. The molecule has 102 valence electrons. The van der Waals surface area contributed by atoms with Gasteiger partial charge < -0.3 is 14.9 Å². The molecule has 7 heteroatoms. The molecule has 0 amide bonds. The topological polar surface area (TPSA) is 105 Å². The van der Waals surface area contributed by atoms with Crippen molar-refractivity contribution in [1.29, 1.82) is 0 Å². The van der Waals surface area contributed by atoms with Gasteiger partial charge in [0.25, 0.3) is 5.56 Å². The number of aliphatic hydroxyl groups excluding tert-OH is 1. The second-order valence-electron chi connectivity index (χ2n) is 5.02. The normalized spacial score (nSPS) is 39.9. The van der Waals surface area contributed by atoms with Gasteiger partial charge in [0, 0.05) is 12.1 Å². The Morgan fingerprint density at radius 3 is 2.79 bits per heavy atom. The zero-order valence-corrected chi connectivity index (χ0v) is 10.2. The highest BCUT2D eigenvalue weighted by molar-refractivity contribution is 5.43. The van der Waals surface area contributed by atoms with Gasteiger partial charge in [-0.2, -0.15) is 0 Å². The van der Waals surface area contributed by atoms with Gasteiger partial charge in [-0.1, -0.05) is 19.6 Å². The van der Waals surface area contributed by atoms with Crippen molar-refractivity contribution in [2.75, 3.05) is 0 Å². The summed E-state index contributed by atoms with van der Waals surface area (Å²) in [6, 6.07) is 0. The number of aliphatic hydroxyl groups is 2. The predicted molar refractivity (Wildman–Crippen MR) is 65.4 cm³/mol. The molecule has 19 heavy (non-hydrogen) atoms. The van der Waals surface area contributed by atoms with Crippen LogP contribution in [0.15, 0.2) is 22.4 Å². The summed E-state index contributed by atoms with van der Waals surface area (Å²) in [6.45, 7) is 5.23. The third-order valence-electron chi connectivity index (χ3n) is 4.05. The molecular formula is C12H14N2O5. The van der Waals surface area contributed by atoms with E-state index in [1.165, 1.54) is 12.3 Å². The van der Waals surface area contributed by atoms with Gasteiger partial charge in [-0.3, -0.25) is 14.3 Å². The third kappa shape index (κ3) is 1.43. The Morgan fingerprint density at radius 2 is 2.26 bits per heavy atom. The minimum atomic E-state index is -1.31. The first-order chi connectivity index (χ1) is 8.91. The molecule has 3 N–H and O–H groups in total. The van der Waals surface area contributed by atoms with Crippen LogP contribution in [-0.4, -0.2) is 37.6 Å². The maximum absolute atomic E-state index is 11.7. The van der Waals surface area contributed by atoms with Gasteiger partial charge >= 0.3 is 5.69 Å². The first-order valence-electron chi connectivity index (χ1n) is 5.95. The SMILES string of the molecule is C=Cc1cn(C2O[C@@H]3C(C)[C@]3(O)[C@H]2O)c(=O)[nH]c1=O. The third-order valence-corrected chi connectivity index (χ3v) is 4.05. The van der Waals surface area contributed by atoms with Crippen LogP contribution < -0.4 is 11.2 Å². The monoisotopic (exact) mass is 266 g/mol. The molecule has 1 aromatic rings. The first kappa shape index (κ1) is 12.3. The van der Waals surface area contributed by atoms with Gasteiger partial charge in [0.1, 0.15) is 11.7 Å². The highest BCUT2D eigenvalue weighted by atomic mass is 16.6. The van der Waals surface area contributed by atoms with Gasteiger partial charge in [0.2, 0.25) is 0 Å². The fraction of sp³-hybridized carbons (Fsp3) is 0.500. The molecule has 1 saturated heterocycles. The molecule has 0 spiro atoms. The number of aromatic nitrogens is 2. The van der Waals surface area contributed by atoms with E-state index in [1.54, 1.807) is 6.92 Å². The lowest BCUT2D eigenvalue weighted by molar-refractivity contribution is -0.0788. The fourth-order valence-corrected chi connectivity index (χ4v) is 2.70. The molecule has 1 aromatic heterocycles. The molecule has 0 bridgehead atoms. The van der Waals surface area contributed by atoms with Crippen LogP contribution >= 0.6 is 0 Å². The number of nitrogens with one attached hydrogen (secondary N) is 1. The molecule has 1 aliphatic heterocycles. The molecule has 2 heterocycles. The van der Waals surface area contributed by atoms with Gasteiger partial charge in [0.15, 0.2) is 6.23 Å². The van der Waals surface area contributed by atoms with E-state index >= 15 is 0 Å². The molecule has 2 fully saturated rings. The highest BCUT2D eigenvalue weighted by Crippen LogP contribution is 2.57. The summed E-state index contributed by atoms with van der Waals surface area (Å²) in [5.74, 6) is -0.170. The second-order valence-corrected chi connectivity index (χ2v) is 5.02. The Hall–Kier alpha value is -1.70. The number of fused-ring (bicyclic) bond motifs is 1. The molecule has 2 aliphatic rings. The average Bonchev–Trinajstić information content (AvgIpc) is 2.76. The number of hydrogen-bond acceptors (Lipinski definition) is 5. The Bertz CT molecular complexity index is 663. The van der Waals surface area contributed by atoms with Crippen molar-refractivity contribution >= 4 is 6.08 Å². The molecule has 7 nitrogen and oxygen atoms in total. The van der Waals surface area contributed by atoms with Gasteiger partial charge in [-0.25, -0.2) is 4.79 Å². The lowest BCUT2D eigenvalue weighted by Crippen LogP contribution is -2.41. The lowest BCUT2D eigenvalue weighted by Gasteiger charge is -2.23. The van der Waals surface area contributed by atoms with E-state index in [9.17, 15) is 19.8 Å². The summed E-state index contributed by atoms with van der Waals surface area (Å²) in [5.41, 5.74) is -2.37. The average molecular weight is 266 g/mol. The summed E-state index contributed by atoms with van der Waals surface area (Å²) >= 11 is 0. The van der Waals surface area contributed by atoms with Crippen molar-refractivity contribution in [3.63, 3.8) is 0 Å². The van der Waals surface area contributed by atoms with E-state index < -0.39 is 35.3 Å². The quantitative estimate of drug-likeness (QED) is 0.625. The summed E-state index contributed by atoms with van der Waals surface area (Å²) in [5, 5.41) is 20.2. The van der Waals surface area contributed by atoms with Crippen LogP contribution in [0.1, 0.15) is 18.7 Å². The molecule has 5 atom stereocenters. The fourth-order valence-electron chi connectivity index (χ4n) is 2.70. The van der Waals surface area contributed by atoms with E-state index in [2.05, 4.69) is 11.6 Å². The molecular weight excluding hydrogens is 252 g/mol. The van der Waals surface area contributed by atoms with Crippen LogP contribution in [0.25, 0.3) is 6.08 Å². The van der Waals surface area contributed by atoms with Gasteiger partial charge in [-0.05, 0) is 0 Å². The standard InChI is InChI=1S/C12H14N2O5/c1-3-6-4-14(11(17)13-9(6)16)10-7(15)12(18)5(2)8(12)19-10/h3-5,7-8,10,15,18H,1H2,2H3,(H,13,16,17)/t5?,7-,8+,10?,12-/m0/s1. The number of aromatic amines is 1. The van der Waals surface area contributed by atoms with Crippen molar-refractivity contribution in [2.45, 2.75) is 31.0 Å². The Kier molecular flexibility index (Phi) is 2.38. The van der Waals surface area contributed by atoms with Crippen LogP contribution in [0.3, 0.4) is 0 Å². The van der Waals surface area contributed by atoms with E-state index in [-0.39, 0.29) is 11.5 Å². The summed E-state index contributed by atoms with van der Waals surface area (Å²) in [7, 11) is 0. The van der Waals surface area contributed by atoms with Crippen LogP contribution in [0, 0.1) is 5.92 Å². The van der Waals surface area contributed by atoms with Crippen LogP contribution in [0.2, 0.25) is 0 Å². The first-order valence-corrected chi connectivity index (χ1v) is 5.95. The zero-order valence-electron chi connectivity index (χ0n) is 10.2. The summed E-state index contributed by atoms with van der Waals surface area (Å²) in [4.78, 5) is 25.3. The Morgan fingerprint density at radius 1 is 1.58 bits per heavy atom. The Labute approximate surface area is 107 Å². The van der Waals surface area contributed by atoms with Crippen molar-refractivity contribution in [2.24, 2.45) is 5.92 Å². The minimum absolute atomic E-state index is 0.170. The van der Waals surface area contributed by atoms with E-state index in [1.807, 2.05) is 0 Å². The lowest BCUT2D eigenvalue weighted by atomic mass is 10.1. The number of ether oxygens (including phenoxy) is 1. The zero-order chi connectivity index (χ0) is 13.9. The maximum atomic E-state index is 11.7. The largest absolute Gasteiger partial charge is 0.385 e. The number of H-pyrrole nitrogens is 1. The number of rotatable bonds is 2. The number of hydrogen-bond donors (Lipinski definition) is 3. The minimum Gasteiger partial charge on any atom is -0.385 e. The van der Waals surface area contributed by atoms with Crippen molar-refractivity contribution < 1.29 is 14.9 Å². The summed E-state index contributed by atoms with van der Waals surface area (Å²) < 4.78 is 6.55. The van der Waals surface area contributed by atoms with Gasteiger partial charge in [0.05, 0.1) is 11.7 Å². The second kappa shape index (κ2) is 3.66. The van der Waals surface area contributed by atoms with Crippen molar-refractivity contribution in [1.82, 2.24) is 9.55 Å². The summed E-state index contributed by atoms with van der Waals surface area (Å²) in [6.07, 6.45) is -0.142. The van der Waals surface area contributed by atoms with Crippen molar-refractivity contribution in [3.8, 4) is 0 Å². The molecule has 3 rings (SSSR count). The predicted octanol–water partition coefficient (Wildman–Crippen LogP) is -1.18. The van der Waals surface area contributed by atoms with Crippen molar-refractivity contribution in [3.05, 3.63) is 39.2 Å². The van der Waals surface area contributed by atoms with Crippen LogP contribution in [0.5, 0.6) is 0 Å². The van der Waals surface area contributed by atoms with E-state index in [0.29, 0.717) is 0 Å². The van der Waals surface area contributed by atoms with E-state index in [4.69, 9.17) is 4.74 Å². The van der Waals surface area contributed by atoms with Gasteiger partial charge in [-0.15, -0.1) is 0 Å².